The van der Waals surface area contributed by atoms with Crippen LogP contribution in [-0.4, -0.2) is 11.5 Å². The van der Waals surface area contributed by atoms with Gasteiger partial charge in [0.25, 0.3) is 0 Å². The van der Waals surface area contributed by atoms with Crippen LogP contribution >= 0.6 is 19.6 Å². The quantitative estimate of drug-likeness (QED) is 0.270. The first-order valence-electron chi connectivity index (χ1n) is 8.42. The van der Waals surface area contributed by atoms with Crippen molar-refractivity contribution in [3.8, 4) is 11.5 Å². The van der Waals surface area contributed by atoms with Gasteiger partial charge in [0.2, 0.25) is 0 Å². The van der Waals surface area contributed by atoms with E-state index >= 15 is 0 Å². The molecular weight excluding hydrogens is 434 g/mol. The average molecular weight is 451 g/mol. The van der Waals surface area contributed by atoms with E-state index in [2.05, 4.69) is 0 Å². The zero-order valence-corrected chi connectivity index (χ0v) is 17.3. The average Bonchev–Trinajstić information content (AvgIpc) is 2.61. The lowest BCUT2D eigenvalue weighted by Gasteiger charge is -2.15. The highest BCUT2D eigenvalue weighted by atomic mass is 35.5. The van der Waals surface area contributed by atoms with E-state index in [1.165, 1.54) is 12.1 Å². The van der Waals surface area contributed by atoms with Crippen LogP contribution in [0.25, 0.3) is 0 Å². The third-order valence-electron chi connectivity index (χ3n) is 3.85. The van der Waals surface area contributed by atoms with Gasteiger partial charge in [0, 0.05) is 17.7 Å². The molecule has 0 aliphatic heterocycles. The molecule has 0 bridgehead atoms. The Labute approximate surface area is 170 Å². The molecule has 0 fully saturated rings. The van der Waals surface area contributed by atoms with Crippen LogP contribution in [0.15, 0.2) is 30.3 Å². The molecule has 0 saturated carbocycles. The van der Waals surface area contributed by atoms with Crippen LogP contribution in [0.5, 0.6) is 11.5 Å². The van der Waals surface area contributed by atoms with Crippen LogP contribution in [-0.2, 0) is 15.3 Å². The Hall–Kier alpha value is -2.22. The highest BCUT2D eigenvalue weighted by molar-refractivity contribution is 7.48. The predicted octanol–water partition coefficient (Wildman–Crippen LogP) is 6.59. The maximum atomic E-state index is 12.8. The van der Waals surface area contributed by atoms with Crippen molar-refractivity contribution in [1.29, 1.82) is 0 Å². The standard InChI is InChI=1S/C18H17ClF3NO5P/c1-4-27-29(26)17-9-16(12(10(2)3)8-14(17)23(24)25)28-15-6-5-11(7-13(15)19)18(20,21)22/h5-10H,4H2,1-3H3/q+1. The summed E-state index contributed by atoms with van der Waals surface area (Å²) in [5, 5.41) is 10.9. The second-order valence-electron chi connectivity index (χ2n) is 6.21. The first-order chi connectivity index (χ1) is 13.5. The minimum absolute atomic E-state index is 0.0687. The van der Waals surface area contributed by atoms with Crippen LogP contribution in [0, 0.1) is 10.1 Å². The fraction of sp³-hybridized carbons (Fsp3) is 0.333. The van der Waals surface area contributed by atoms with Crippen molar-refractivity contribution in [2.45, 2.75) is 32.9 Å². The Bertz CT molecular complexity index is 950. The minimum Gasteiger partial charge on any atom is -0.455 e. The van der Waals surface area contributed by atoms with Crippen molar-refractivity contribution in [3.05, 3.63) is 56.6 Å². The number of nitro benzene ring substituents is 1. The number of nitrogens with zero attached hydrogens (tertiary/aromatic N) is 1. The molecule has 0 heterocycles. The molecule has 2 aromatic carbocycles. The summed E-state index contributed by atoms with van der Waals surface area (Å²) in [4.78, 5) is 10.7. The molecule has 0 aliphatic rings. The topological polar surface area (TPSA) is 78.7 Å². The molecular formula is C18H17ClF3NO5P+. The van der Waals surface area contributed by atoms with E-state index < -0.39 is 30.4 Å². The van der Waals surface area contributed by atoms with Gasteiger partial charge in [-0.15, -0.1) is 4.52 Å². The van der Waals surface area contributed by atoms with Gasteiger partial charge in [-0.05, 0) is 35.6 Å². The van der Waals surface area contributed by atoms with Crippen molar-refractivity contribution < 1.29 is 31.9 Å². The van der Waals surface area contributed by atoms with Crippen molar-refractivity contribution in [3.63, 3.8) is 0 Å². The third-order valence-corrected chi connectivity index (χ3v) is 5.39. The summed E-state index contributed by atoms with van der Waals surface area (Å²) in [6.45, 7) is 5.16. The zero-order valence-electron chi connectivity index (χ0n) is 15.6. The fourth-order valence-electron chi connectivity index (χ4n) is 2.47. The second kappa shape index (κ2) is 9.07. The molecule has 156 valence electrons. The predicted molar refractivity (Wildman–Crippen MR) is 103 cm³/mol. The summed E-state index contributed by atoms with van der Waals surface area (Å²) in [6.07, 6.45) is -4.57. The number of rotatable bonds is 7. The van der Waals surface area contributed by atoms with Crippen LogP contribution in [0.4, 0.5) is 18.9 Å². The molecule has 29 heavy (non-hydrogen) atoms. The molecule has 11 heteroatoms. The maximum absolute atomic E-state index is 12.8. The molecule has 2 rings (SSSR count). The summed E-state index contributed by atoms with van der Waals surface area (Å²) in [7, 11) is -2.53. The largest absolute Gasteiger partial charge is 0.556 e. The lowest BCUT2D eigenvalue weighted by Crippen LogP contribution is -2.10. The highest BCUT2D eigenvalue weighted by Gasteiger charge is 2.36. The number of hydrogen-bond donors (Lipinski definition) is 0. The summed E-state index contributed by atoms with van der Waals surface area (Å²) >= 11 is 5.94. The molecule has 2 aromatic rings. The van der Waals surface area contributed by atoms with Crippen molar-refractivity contribution >= 4 is 30.6 Å². The Morgan fingerprint density at radius 2 is 1.86 bits per heavy atom. The Morgan fingerprint density at radius 1 is 1.21 bits per heavy atom. The second-order valence-corrected chi connectivity index (χ2v) is 7.87. The summed E-state index contributed by atoms with van der Waals surface area (Å²) in [5.41, 5.74) is -0.937. The van der Waals surface area contributed by atoms with Gasteiger partial charge in [0.1, 0.15) is 18.1 Å². The molecule has 0 aromatic heterocycles. The molecule has 0 aliphatic carbocycles. The summed E-state index contributed by atoms with van der Waals surface area (Å²) < 4.78 is 61.4. The van der Waals surface area contributed by atoms with E-state index in [1.807, 2.05) is 0 Å². The van der Waals surface area contributed by atoms with E-state index in [9.17, 15) is 27.9 Å². The first kappa shape index (κ1) is 23.1. The van der Waals surface area contributed by atoms with E-state index in [0.29, 0.717) is 5.56 Å². The van der Waals surface area contributed by atoms with E-state index in [4.69, 9.17) is 20.9 Å². The van der Waals surface area contributed by atoms with Gasteiger partial charge in [0.05, 0.1) is 15.5 Å². The van der Waals surface area contributed by atoms with Gasteiger partial charge >= 0.3 is 25.2 Å². The molecule has 1 unspecified atom stereocenters. The zero-order chi connectivity index (χ0) is 21.9. The lowest BCUT2D eigenvalue weighted by atomic mass is 10.0. The lowest BCUT2D eigenvalue weighted by molar-refractivity contribution is -0.383. The Morgan fingerprint density at radius 3 is 2.34 bits per heavy atom. The summed E-state index contributed by atoms with van der Waals surface area (Å²) in [5.74, 6) is -0.228. The molecule has 0 N–H and O–H groups in total. The number of nitro groups is 1. The van der Waals surface area contributed by atoms with Gasteiger partial charge in [-0.25, -0.2) is 0 Å². The number of halogens is 4. The van der Waals surface area contributed by atoms with E-state index in [0.717, 1.165) is 18.2 Å². The Kier molecular flexibility index (Phi) is 7.21. The molecule has 0 radical (unpaired) electrons. The van der Waals surface area contributed by atoms with E-state index in [-0.39, 0.29) is 34.4 Å². The van der Waals surface area contributed by atoms with Crippen LogP contribution in [0.3, 0.4) is 0 Å². The molecule has 1 atom stereocenters. The normalized spacial score (nSPS) is 12.2. The molecule has 0 spiro atoms. The van der Waals surface area contributed by atoms with E-state index in [1.54, 1.807) is 20.8 Å². The highest BCUT2D eigenvalue weighted by Crippen LogP contribution is 2.40. The number of alkyl halides is 3. The minimum atomic E-state index is -4.57. The third kappa shape index (κ3) is 5.44. The van der Waals surface area contributed by atoms with Gasteiger partial charge in [-0.3, -0.25) is 10.1 Å². The van der Waals surface area contributed by atoms with Crippen LogP contribution < -0.4 is 10.0 Å². The smallest absolute Gasteiger partial charge is 0.455 e. The molecule has 0 amide bonds. The van der Waals surface area contributed by atoms with Crippen LogP contribution in [0.1, 0.15) is 37.8 Å². The van der Waals surface area contributed by atoms with Gasteiger partial charge in [-0.1, -0.05) is 25.4 Å². The summed E-state index contributed by atoms with van der Waals surface area (Å²) in [6, 6.07) is 5.01. The first-order valence-corrected chi connectivity index (χ1v) is 9.98. The Balaban J connectivity index is 2.58. The van der Waals surface area contributed by atoms with Gasteiger partial charge in [-0.2, -0.15) is 13.2 Å². The molecule has 6 nitrogen and oxygen atoms in total. The van der Waals surface area contributed by atoms with Gasteiger partial charge < -0.3 is 4.74 Å². The maximum Gasteiger partial charge on any atom is 0.556 e. The monoisotopic (exact) mass is 450 g/mol. The molecule has 0 saturated heterocycles. The number of benzene rings is 2. The number of ether oxygens (including phenoxy) is 1. The fourth-order valence-corrected chi connectivity index (χ4v) is 3.62. The van der Waals surface area contributed by atoms with Crippen molar-refractivity contribution in [2.24, 2.45) is 0 Å². The van der Waals surface area contributed by atoms with Crippen LogP contribution in [0.2, 0.25) is 5.02 Å². The number of hydrogen-bond acceptors (Lipinski definition) is 5. The SMILES string of the molecule is CCO[P+](=O)c1cc(Oc2ccc(C(F)(F)F)cc2Cl)c(C(C)C)cc1[N+](=O)[O-]. The van der Waals surface area contributed by atoms with Crippen molar-refractivity contribution in [1.82, 2.24) is 0 Å². The van der Waals surface area contributed by atoms with Gasteiger partial charge in [0.15, 0.2) is 0 Å². The van der Waals surface area contributed by atoms with Crippen molar-refractivity contribution in [2.75, 3.05) is 6.61 Å².